The van der Waals surface area contributed by atoms with Gasteiger partial charge in [0.05, 0.1) is 5.92 Å². The van der Waals surface area contributed by atoms with Crippen molar-refractivity contribution in [1.29, 1.82) is 0 Å². The van der Waals surface area contributed by atoms with Crippen LogP contribution in [0.1, 0.15) is 24.3 Å². The van der Waals surface area contributed by atoms with Gasteiger partial charge >= 0.3 is 0 Å². The van der Waals surface area contributed by atoms with Crippen LogP contribution in [0.4, 0.5) is 13.9 Å². The zero-order valence-corrected chi connectivity index (χ0v) is 13.1. The number of hydrogen-bond acceptors (Lipinski definition) is 4. The first-order valence-corrected chi connectivity index (χ1v) is 7.63. The molecular weight excluding hydrogens is 308 g/mol. The smallest absolute Gasteiger partial charge is 0.230 e. The highest BCUT2D eigenvalue weighted by Crippen LogP contribution is 2.22. The fraction of sp³-hybridized carbons (Fsp3) is 0.333. The van der Waals surface area contributed by atoms with Crippen molar-refractivity contribution in [3.8, 4) is 0 Å². The third-order valence-electron chi connectivity index (χ3n) is 3.35. The molecule has 22 heavy (non-hydrogen) atoms. The van der Waals surface area contributed by atoms with Gasteiger partial charge in [0, 0.05) is 23.5 Å². The van der Waals surface area contributed by atoms with Crippen molar-refractivity contribution in [1.82, 2.24) is 4.98 Å². The Hall–Kier alpha value is -1.86. The molecule has 2 rings (SSSR count). The molecule has 0 fully saturated rings. The number of carbonyl (C=O) groups excluding carboxylic acids is 1. The predicted molar refractivity (Wildman–Crippen MR) is 82.7 cm³/mol. The van der Waals surface area contributed by atoms with Gasteiger partial charge in [-0.1, -0.05) is 13.0 Å². The Morgan fingerprint density at radius 3 is 2.73 bits per heavy atom. The number of amides is 1. The number of aromatic nitrogens is 1. The number of carbonyl (C=O) groups is 1. The number of anilines is 1. The summed E-state index contributed by atoms with van der Waals surface area (Å²) in [5.74, 6) is -2.26. The van der Waals surface area contributed by atoms with E-state index in [9.17, 15) is 13.6 Å². The van der Waals surface area contributed by atoms with Crippen molar-refractivity contribution in [2.75, 3.05) is 5.32 Å². The van der Waals surface area contributed by atoms with Gasteiger partial charge in [0.2, 0.25) is 5.91 Å². The van der Waals surface area contributed by atoms with E-state index in [-0.39, 0.29) is 17.9 Å². The predicted octanol–water partition coefficient (Wildman–Crippen LogP) is 2.93. The minimum absolute atomic E-state index is 0.191. The van der Waals surface area contributed by atoms with Gasteiger partial charge in [-0.2, -0.15) is 0 Å². The van der Waals surface area contributed by atoms with Gasteiger partial charge in [-0.05, 0) is 24.6 Å². The molecule has 118 valence electrons. The molecule has 3 N–H and O–H groups in total. The summed E-state index contributed by atoms with van der Waals surface area (Å²) in [5, 5.41) is 3.17. The Kier molecular flexibility index (Phi) is 5.20. The molecule has 0 saturated carbocycles. The lowest BCUT2D eigenvalue weighted by molar-refractivity contribution is -0.119. The first-order chi connectivity index (χ1) is 10.4. The standard InChI is InChI=1S/C15H17F2N3OS/c1-8(9(2)18)14(21)20-15-19-7-11(22-15)5-10-3-4-12(16)13(17)6-10/h3-4,6-9H,5,18H2,1-2H3,(H,19,20,21). The normalized spacial score (nSPS) is 13.7. The van der Waals surface area contributed by atoms with Gasteiger partial charge in [-0.25, -0.2) is 13.8 Å². The quantitative estimate of drug-likeness (QED) is 0.888. The van der Waals surface area contributed by atoms with Gasteiger partial charge in [0.25, 0.3) is 0 Å². The summed E-state index contributed by atoms with van der Waals surface area (Å²) in [6.45, 7) is 3.51. The number of benzene rings is 1. The van der Waals surface area contributed by atoms with E-state index >= 15 is 0 Å². The fourth-order valence-corrected chi connectivity index (χ4v) is 2.61. The van der Waals surface area contributed by atoms with Crippen LogP contribution in [-0.2, 0) is 11.2 Å². The van der Waals surface area contributed by atoms with Gasteiger partial charge < -0.3 is 11.1 Å². The van der Waals surface area contributed by atoms with Crippen molar-refractivity contribution in [2.45, 2.75) is 26.3 Å². The maximum atomic E-state index is 13.2. The van der Waals surface area contributed by atoms with Crippen LogP contribution in [0.2, 0.25) is 0 Å². The van der Waals surface area contributed by atoms with Crippen LogP contribution in [0.5, 0.6) is 0 Å². The van der Waals surface area contributed by atoms with Crippen molar-refractivity contribution >= 4 is 22.4 Å². The van der Waals surface area contributed by atoms with E-state index in [0.29, 0.717) is 17.1 Å². The van der Waals surface area contributed by atoms with Gasteiger partial charge in [-0.15, -0.1) is 11.3 Å². The summed E-state index contributed by atoms with van der Waals surface area (Å²) >= 11 is 1.30. The molecule has 0 spiro atoms. The topological polar surface area (TPSA) is 68.0 Å². The lowest BCUT2D eigenvalue weighted by Crippen LogP contribution is -2.34. The maximum absolute atomic E-state index is 13.2. The maximum Gasteiger partial charge on any atom is 0.230 e. The molecule has 7 heteroatoms. The second-order valence-corrected chi connectivity index (χ2v) is 6.31. The molecule has 0 saturated heterocycles. The highest BCUT2D eigenvalue weighted by Gasteiger charge is 2.18. The number of nitrogens with one attached hydrogen (secondary N) is 1. The van der Waals surface area contributed by atoms with Crippen LogP contribution >= 0.6 is 11.3 Å². The van der Waals surface area contributed by atoms with E-state index in [1.54, 1.807) is 20.0 Å². The second kappa shape index (κ2) is 6.93. The first kappa shape index (κ1) is 16.5. The molecule has 0 aliphatic rings. The van der Waals surface area contributed by atoms with E-state index in [0.717, 1.165) is 17.0 Å². The van der Waals surface area contributed by atoms with Gasteiger partial charge in [0.15, 0.2) is 16.8 Å². The van der Waals surface area contributed by atoms with Crippen molar-refractivity contribution in [2.24, 2.45) is 11.7 Å². The minimum Gasteiger partial charge on any atom is -0.327 e. The molecule has 0 aliphatic heterocycles. The highest BCUT2D eigenvalue weighted by molar-refractivity contribution is 7.15. The molecule has 0 radical (unpaired) electrons. The van der Waals surface area contributed by atoms with Crippen LogP contribution in [0.15, 0.2) is 24.4 Å². The molecule has 1 heterocycles. The molecule has 1 amide bonds. The zero-order valence-electron chi connectivity index (χ0n) is 12.3. The summed E-state index contributed by atoms with van der Waals surface area (Å²) in [7, 11) is 0. The lowest BCUT2D eigenvalue weighted by atomic mass is 10.0. The second-order valence-electron chi connectivity index (χ2n) is 5.19. The largest absolute Gasteiger partial charge is 0.327 e. The number of halogens is 2. The SMILES string of the molecule is CC(N)C(C)C(=O)Nc1ncc(Cc2ccc(F)c(F)c2)s1. The van der Waals surface area contributed by atoms with Crippen LogP contribution in [-0.4, -0.2) is 16.9 Å². The van der Waals surface area contributed by atoms with Gasteiger partial charge in [-0.3, -0.25) is 4.79 Å². The Bertz CT molecular complexity index is 673. The lowest BCUT2D eigenvalue weighted by Gasteiger charge is -2.13. The fourth-order valence-electron chi connectivity index (χ4n) is 1.76. The van der Waals surface area contributed by atoms with Crippen molar-refractivity contribution in [3.05, 3.63) is 46.5 Å². The number of nitrogens with two attached hydrogens (primary N) is 1. The Morgan fingerprint density at radius 2 is 2.09 bits per heavy atom. The molecule has 2 aromatic rings. The Labute approximate surface area is 131 Å². The van der Waals surface area contributed by atoms with Crippen molar-refractivity contribution < 1.29 is 13.6 Å². The van der Waals surface area contributed by atoms with Crippen LogP contribution in [0.25, 0.3) is 0 Å². The molecule has 2 unspecified atom stereocenters. The van der Waals surface area contributed by atoms with E-state index in [1.807, 2.05) is 0 Å². The van der Waals surface area contributed by atoms with E-state index < -0.39 is 11.6 Å². The third-order valence-corrected chi connectivity index (χ3v) is 4.26. The molecule has 0 aliphatic carbocycles. The molecule has 4 nitrogen and oxygen atoms in total. The van der Waals surface area contributed by atoms with Crippen molar-refractivity contribution in [3.63, 3.8) is 0 Å². The molecule has 1 aromatic heterocycles. The van der Waals surface area contributed by atoms with Crippen LogP contribution in [0.3, 0.4) is 0 Å². The monoisotopic (exact) mass is 325 g/mol. The summed E-state index contributed by atoms with van der Waals surface area (Å²) in [4.78, 5) is 16.8. The summed E-state index contributed by atoms with van der Waals surface area (Å²) in [6, 6.07) is 3.53. The van der Waals surface area contributed by atoms with Gasteiger partial charge in [0.1, 0.15) is 0 Å². The average molecular weight is 325 g/mol. The molecule has 0 bridgehead atoms. The number of thiazole rings is 1. The summed E-state index contributed by atoms with van der Waals surface area (Å²) < 4.78 is 26.1. The van der Waals surface area contributed by atoms with E-state index in [1.165, 1.54) is 17.4 Å². The van der Waals surface area contributed by atoms with Crippen LogP contribution < -0.4 is 11.1 Å². The van der Waals surface area contributed by atoms with Crippen LogP contribution in [0, 0.1) is 17.6 Å². The van der Waals surface area contributed by atoms with E-state index in [4.69, 9.17) is 5.73 Å². The summed E-state index contributed by atoms with van der Waals surface area (Å²) in [5.41, 5.74) is 6.32. The molecule has 2 atom stereocenters. The number of hydrogen-bond donors (Lipinski definition) is 2. The molecule has 1 aromatic carbocycles. The Balaban J connectivity index is 2.02. The summed E-state index contributed by atoms with van der Waals surface area (Å²) in [6.07, 6.45) is 2.03. The van der Waals surface area contributed by atoms with E-state index in [2.05, 4.69) is 10.3 Å². The number of nitrogens with zero attached hydrogens (tertiary/aromatic N) is 1. The number of rotatable bonds is 5. The third kappa shape index (κ3) is 4.08. The minimum atomic E-state index is -0.874. The highest BCUT2D eigenvalue weighted by atomic mass is 32.1. The molecular formula is C15H17F2N3OS. The zero-order chi connectivity index (χ0) is 16.3. The average Bonchev–Trinajstić information content (AvgIpc) is 2.89. The first-order valence-electron chi connectivity index (χ1n) is 6.82. The Morgan fingerprint density at radius 1 is 1.36 bits per heavy atom.